The highest BCUT2D eigenvalue weighted by Gasteiger charge is 2.51. The first kappa shape index (κ1) is 32.7. The predicted octanol–water partition coefficient (Wildman–Crippen LogP) is 6.94. The number of alkyl halides is 3. The molecule has 230 valence electrons. The van der Waals surface area contributed by atoms with Crippen molar-refractivity contribution in [3.05, 3.63) is 81.8 Å². The summed E-state index contributed by atoms with van der Waals surface area (Å²) >= 11 is 3.52. The Morgan fingerprint density at radius 2 is 1.81 bits per heavy atom. The van der Waals surface area contributed by atoms with Gasteiger partial charge in [0, 0.05) is 45.7 Å². The zero-order valence-corrected chi connectivity index (χ0v) is 27.8. The molecule has 1 aromatic heterocycles. The molecule has 7 nitrogen and oxygen atoms in total. The summed E-state index contributed by atoms with van der Waals surface area (Å²) in [6, 6.07) is 15.7. The molecule has 0 saturated carbocycles. The van der Waals surface area contributed by atoms with Crippen LogP contribution in [0.5, 0.6) is 0 Å². The number of rotatable bonds is 11. The second kappa shape index (κ2) is 13.2. The van der Waals surface area contributed by atoms with Gasteiger partial charge in [0.25, 0.3) is 0 Å². The van der Waals surface area contributed by atoms with Gasteiger partial charge in [-0.2, -0.15) is 17.5 Å². The van der Waals surface area contributed by atoms with Crippen LogP contribution in [0.3, 0.4) is 0 Å². The van der Waals surface area contributed by atoms with Crippen LogP contribution >= 0.6 is 15.9 Å². The third-order valence-corrected chi connectivity index (χ3v) is 11.3. The molecule has 3 aromatic rings. The van der Waals surface area contributed by atoms with E-state index in [1.54, 1.807) is 13.0 Å². The fraction of sp³-hybridized carbons (Fsp3) is 0.483. The lowest BCUT2D eigenvalue weighted by atomic mass is 10.0. The van der Waals surface area contributed by atoms with Crippen molar-refractivity contribution in [1.82, 2.24) is 13.9 Å². The number of hydrogen-bond donors (Lipinski definition) is 0. The molecule has 0 aliphatic carbocycles. The Bertz CT molecular complexity index is 1460. The number of aryl methyl sites for hydroxylation is 2. The zero-order valence-electron chi connectivity index (χ0n) is 24.4. The minimum absolute atomic E-state index is 0.288. The molecule has 0 fully saturated rings. The lowest BCUT2D eigenvalue weighted by Gasteiger charge is -2.34. The normalized spacial score (nSPS) is 16.9. The topological polar surface area (TPSA) is 67.7 Å². The molecular formula is C29H38BrF3N4O3SSi. The van der Waals surface area contributed by atoms with E-state index >= 15 is 0 Å². The maximum atomic E-state index is 13.8. The van der Waals surface area contributed by atoms with Gasteiger partial charge >= 0.3 is 15.5 Å². The van der Waals surface area contributed by atoms with Crippen LogP contribution in [0, 0.1) is 6.92 Å². The van der Waals surface area contributed by atoms with Gasteiger partial charge in [0.2, 0.25) is 0 Å². The first-order valence-corrected chi connectivity index (χ1v) is 19.8. The highest BCUT2D eigenvalue weighted by molar-refractivity contribution is 9.10. The molecule has 2 aromatic carbocycles. The summed E-state index contributed by atoms with van der Waals surface area (Å²) in [6.07, 6.45) is 2.90. The van der Waals surface area contributed by atoms with E-state index in [4.69, 9.17) is 4.74 Å². The standard InChI is InChI=1S/C29H38BrF3N4O3SSi/c1-22-9-8-12-27-26(22)20-36(41(38,39)29(31,32)33)19-25(14-13-23-10-6-5-7-11-23)37(27)18-24-17-35(28(30)34-24)21-40-15-16-42(2,3)4/h5-12,17,25H,13-16,18-21H2,1-4H3. The van der Waals surface area contributed by atoms with Gasteiger partial charge in [0.1, 0.15) is 6.73 Å². The highest BCUT2D eigenvalue weighted by Crippen LogP contribution is 2.37. The van der Waals surface area contributed by atoms with Crippen molar-refractivity contribution in [1.29, 1.82) is 0 Å². The van der Waals surface area contributed by atoms with Crippen molar-refractivity contribution in [3.63, 3.8) is 0 Å². The van der Waals surface area contributed by atoms with Crippen LogP contribution in [0.4, 0.5) is 18.9 Å². The van der Waals surface area contributed by atoms with Crippen LogP contribution in [0.15, 0.2) is 59.5 Å². The summed E-state index contributed by atoms with van der Waals surface area (Å²) in [7, 11) is -6.79. The molecule has 2 heterocycles. The third kappa shape index (κ3) is 8.04. The second-order valence-electron chi connectivity index (χ2n) is 11.9. The molecule has 0 amide bonds. The molecular weight excluding hydrogens is 649 g/mol. The van der Waals surface area contributed by atoms with Gasteiger partial charge in [-0.15, -0.1) is 0 Å². The largest absolute Gasteiger partial charge is 0.511 e. The molecule has 0 spiro atoms. The van der Waals surface area contributed by atoms with E-state index in [1.165, 1.54) is 0 Å². The number of imidazole rings is 1. The van der Waals surface area contributed by atoms with Crippen LogP contribution < -0.4 is 4.90 Å². The number of halogens is 4. The van der Waals surface area contributed by atoms with E-state index in [2.05, 4.69) is 40.6 Å². The first-order chi connectivity index (χ1) is 19.7. The van der Waals surface area contributed by atoms with E-state index < -0.39 is 29.6 Å². The lowest BCUT2D eigenvalue weighted by Crippen LogP contribution is -2.47. The van der Waals surface area contributed by atoms with Crippen LogP contribution in [0.2, 0.25) is 25.7 Å². The Morgan fingerprint density at radius 1 is 1.10 bits per heavy atom. The van der Waals surface area contributed by atoms with Crippen molar-refractivity contribution in [2.45, 2.75) is 76.8 Å². The number of benzene rings is 2. The van der Waals surface area contributed by atoms with Crippen molar-refractivity contribution >= 4 is 39.7 Å². The Labute approximate surface area is 255 Å². The smallest absolute Gasteiger partial charge is 0.361 e. The highest BCUT2D eigenvalue weighted by atomic mass is 79.9. The Balaban J connectivity index is 1.67. The summed E-state index contributed by atoms with van der Waals surface area (Å²) < 4.78 is 75.9. The van der Waals surface area contributed by atoms with Gasteiger partial charge in [-0.3, -0.25) is 0 Å². The quantitative estimate of drug-likeness (QED) is 0.162. The fourth-order valence-corrected chi connectivity index (χ4v) is 7.18. The number of sulfonamides is 1. The summed E-state index contributed by atoms with van der Waals surface area (Å²) in [5, 5.41) is 0. The maximum Gasteiger partial charge on any atom is 0.511 e. The van der Waals surface area contributed by atoms with E-state index in [-0.39, 0.29) is 19.6 Å². The number of anilines is 1. The average molecular weight is 688 g/mol. The summed E-state index contributed by atoms with van der Waals surface area (Å²) in [6.45, 7) is 9.27. The Hall–Kier alpha value is -2.19. The molecule has 1 atom stereocenters. The molecule has 0 saturated heterocycles. The fourth-order valence-electron chi connectivity index (χ4n) is 5.03. The molecule has 0 radical (unpaired) electrons. The second-order valence-corrected chi connectivity index (χ2v) is 20.2. The van der Waals surface area contributed by atoms with Crippen molar-refractivity contribution in [3.8, 4) is 0 Å². The van der Waals surface area contributed by atoms with E-state index in [0.29, 0.717) is 52.2 Å². The number of hydrogen-bond acceptors (Lipinski definition) is 5. The number of fused-ring (bicyclic) bond motifs is 1. The van der Waals surface area contributed by atoms with Gasteiger partial charge in [-0.25, -0.2) is 13.4 Å². The van der Waals surface area contributed by atoms with E-state index in [0.717, 1.165) is 17.2 Å². The van der Waals surface area contributed by atoms with Gasteiger partial charge in [0.15, 0.2) is 4.73 Å². The predicted molar refractivity (Wildman–Crippen MR) is 165 cm³/mol. The molecule has 1 aliphatic rings. The monoisotopic (exact) mass is 686 g/mol. The van der Waals surface area contributed by atoms with Crippen molar-refractivity contribution < 1.29 is 26.3 Å². The molecule has 42 heavy (non-hydrogen) atoms. The van der Waals surface area contributed by atoms with Gasteiger partial charge in [-0.05, 0) is 64.5 Å². The zero-order chi connectivity index (χ0) is 30.7. The maximum absolute atomic E-state index is 13.8. The van der Waals surface area contributed by atoms with Crippen molar-refractivity contribution in [2.75, 3.05) is 18.1 Å². The number of nitrogens with zero attached hydrogens (tertiary/aromatic N) is 4. The van der Waals surface area contributed by atoms with Gasteiger partial charge in [0.05, 0.1) is 12.2 Å². The minimum atomic E-state index is -5.55. The summed E-state index contributed by atoms with van der Waals surface area (Å²) in [5.41, 5.74) is -1.68. The summed E-state index contributed by atoms with van der Waals surface area (Å²) in [5.74, 6) is 0. The van der Waals surface area contributed by atoms with Gasteiger partial charge in [-0.1, -0.05) is 62.1 Å². The molecule has 13 heteroatoms. The molecule has 0 N–H and O–H groups in total. The van der Waals surface area contributed by atoms with Crippen LogP contribution in [-0.2, 0) is 41.0 Å². The van der Waals surface area contributed by atoms with Crippen molar-refractivity contribution in [2.24, 2.45) is 0 Å². The van der Waals surface area contributed by atoms with Crippen LogP contribution in [-0.4, -0.2) is 55.0 Å². The molecule has 4 rings (SSSR count). The molecule has 0 bridgehead atoms. The minimum Gasteiger partial charge on any atom is -0.361 e. The Kier molecular flexibility index (Phi) is 10.3. The van der Waals surface area contributed by atoms with Crippen LogP contribution in [0.25, 0.3) is 0 Å². The molecule has 1 aliphatic heterocycles. The Morgan fingerprint density at radius 3 is 2.48 bits per heavy atom. The van der Waals surface area contributed by atoms with Crippen LogP contribution in [0.1, 0.15) is 28.8 Å². The van der Waals surface area contributed by atoms with E-state index in [1.807, 2.05) is 58.1 Å². The number of ether oxygens (including phenoxy) is 1. The SMILES string of the molecule is Cc1cccc2c1CN(S(=O)(=O)C(F)(F)F)CC(CCc1ccccc1)N2Cc1cn(COCC[Si](C)(C)C)c(Br)n1. The third-order valence-electron chi connectivity index (χ3n) is 7.46. The lowest BCUT2D eigenvalue weighted by molar-refractivity contribution is -0.0492. The summed E-state index contributed by atoms with van der Waals surface area (Å²) in [4.78, 5) is 6.69. The van der Waals surface area contributed by atoms with E-state index in [9.17, 15) is 21.6 Å². The number of aromatic nitrogens is 2. The van der Waals surface area contributed by atoms with Gasteiger partial charge < -0.3 is 14.2 Å². The average Bonchev–Trinajstić information content (AvgIpc) is 3.16. The molecule has 1 unspecified atom stereocenters. The first-order valence-electron chi connectivity index (χ1n) is 13.9.